The molecule has 2 saturated heterocycles. The minimum absolute atomic E-state index is 0.0874. The molecule has 0 aromatic heterocycles. The highest BCUT2D eigenvalue weighted by atomic mass is 35.5. The Morgan fingerprint density at radius 2 is 2.04 bits per heavy atom. The Morgan fingerprint density at radius 3 is 2.91 bits per heavy atom. The fourth-order valence-corrected chi connectivity index (χ4v) is 4.62. The van der Waals surface area contributed by atoms with Crippen molar-refractivity contribution in [2.24, 2.45) is 5.92 Å². The predicted octanol–water partition coefficient (Wildman–Crippen LogP) is 2.99. The van der Waals surface area contributed by atoms with Crippen LogP contribution in [-0.4, -0.2) is 37.2 Å². The van der Waals surface area contributed by atoms with Crippen LogP contribution in [0, 0.1) is 5.92 Å². The number of amides is 1. The number of nitrogens with zero attached hydrogens (tertiary/aromatic N) is 1. The molecule has 1 aromatic carbocycles. The first-order chi connectivity index (χ1) is 11.2. The molecule has 1 aromatic rings. The largest absolute Gasteiger partial charge is 0.378 e. The van der Waals surface area contributed by atoms with Crippen LogP contribution >= 0.6 is 11.6 Å². The zero-order valence-corrected chi connectivity index (χ0v) is 14.0. The van der Waals surface area contributed by atoms with Crippen LogP contribution in [0.1, 0.15) is 32.1 Å². The van der Waals surface area contributed by atoms with Gasteiger partial charge in [-0.05, 0) is 44.2 Å². The van der Waals surface area contributed by atoms with Gasteiger partial charge in [0, 0.05) is 25.1 Å². The highest BCUT2D eigenvalue weighted by Gasteiger charge is 2.41. The van der Waals surface area contributed by atoms with Crippen molar-refractivity contribution in [2.45, 2.75) is 50.3 Å². The van der Waals surface area contributed by atoms with Crippen LogP contribution < -0.4 is 10.2 Å². The van der Waals surface area contributed by atoms with E-state index < -0.39 is 0 Å². The van der Waals surface area contributed by atoms with Gasteiger partial charge >= 0.3 is 0 Å². The van der Waals surface area contributed by atoms with Crippen molar-refractivity contribution < 1.29 is 9.53 Å². The van der Waals surface area contributed by atoms with Gasteiger partial charge in [-0.25, -0.2) is 0 Å². The number of hydrogen-bond donors (Lipinski definition) is 1. The summed E-state index contributed by atoms with van der Waals surface area (Å²) in [5.41, 5.74) is 0.828. The van der Waals surface area contributed by atoms with Gasteiger partial charge in [-0.1, -0.05) is 23.7 Å². The number of hydrogen-bond acceptors (Lipinski definition) is 3. The molecule has 124 valence electrons. The lowest BCUT2D eigenvalue weighted by Crippen LogP contribution is -2.50. The molecular weight excluding hydrogens is 312 g/mol. The van der Waals surface area contributed by atoms with E-state index in [-0.39, 0.29) is 11.9 Å². The molecule has 0 spiro atoms. The van der Waals surface area contributed by atoms with Gasteiger partial charge in [0.25, 0.3) is 0 Å². The molecule has 3 fully saturated rings. The number of benzene rings is 1. The molecule has 0 radical (unpaired) electrons. The van der Waals surface area contributed by atoms with Crippen LogP contribution in [0.2, 0.25) is 5.02 Å². The third kappa shape index (κ3) is 2.88. The fraction of sp³-hybridized carbons (Fsp3) is 0.611. The van der Waals surface area contributed by atoms with E-state index in [2.05, 4.69) is 5.32 Å². The zero-order valence-electron chi connectivity index (χ0n) is 13.2. The Hall–Kier alpha value is -1.10. The number of nitrogens with one attached hydrogen (secondary N) is 1. The quantitative estimate of drug-likeness (QED) is 0.924. The number of halogens is 1. The topological polar surface area (TPSA) is 41.6 Å². The summed E-state index contributed by atoms with van der Waals surface area (Å²) in [4.78, 5) is 14.6. The van der Waals surface area contributed by atoms with Gasteiger partial charge in [0.05, 0.1) is 22.9 Å². The molecule has 23 heavy (non-hydrogen) atoms. The second kappa shape index (κ2) is 6.42. The van der Waals surface area contributed by atoms with Crippen molar-refractivity contribution in [3.05, 3.63) is 29.3 Å². The van der Waals surface area contributed by atoms with Gasteiger partial charge < -0.3 is 15.0 Å². The number of carbonyl (C=O) groups is 1. The van der Waals surface area contributed by atoms with Gasteiger partial charge in [-0.3, -0.25) is 4.79 Å². The number of carbonyl (C=O) groups excluding carboxylic acids is 1. The summed E-state index contributed by atoms with van der Waals surface area (Å²) in [6, 6.07) is 7.91. The summed E-state index contributed by atoms with van der Waals surface area (Å²) in [6.45, 7) is 1.61. The molecule has 1 amide bonds. The molecular formula is C18H23ClN2O2. The van der Waals surface area contributed by atoms with E-state index >= 15 is 0 Å². The Morgan fingerprint density at radius 1 is 1.17 bits per heavy atom. The Kier molecular flexibility index (Phi) is 4.31. The van der Waals surface area contributed by atoms with E-state index in [0.29, 0.717) is 23.1 Å². The van der Waals surface area contributed by atoms with Crippen LogP contribution in [0.5, 0.6) is 0 Å². The van der Waals surface area contributed by atoms with Crippen molar-refractivity contribution in [2.75, 3.05) is 18.1 Å². The molecule has 4 atom stereocenters. The lowest BCUT2D eigenvalue weighted by molar-refractivity contribution is -0.119. The first-order valence-electron chi connectivity index (χ1n) is 8.67. The molecule has 4 rings (SSSR count). The third-order valence-electron chi connectivity index (χ3n) is 5.55. The molecule has 1 N–H and O–H groups in total. The van der Waals surface area contributed by atoms with Crippen molar-refractivity contribution in [1.29, 1.82) is 0 Å². The maximum absolute atomic E-state index is 12.8. The van der Waals surface area contributed by atoms with Gasteiger partial charge in [-0.2, -0.15) is 0 Å². The number of ether oxygens (including phenoxy) is 1. The Balaban J connectivity index is 1.45. The molecule has 1 aliphatic carbocycles. The average molecular weight is 335 g/mol. The molecule has 2 heterocycles. The normalized spacial score (nSPS) is 34.0. The van der Waals surface area contributed by atoms with E-state index in [4.69, 9.17) is 16.3 Å². The van der Waals surface area contributed by atoms with Crippen LogP contribution in [0.3, 0.4) is 0 Å². The fourth-order valence-electron chi connectivity index (χ4n) is 4.39. The summed E-state index contributed by atoms with van der Waals surface area (Å²) >= 11 is 6.25. The highest BCUT2D eigenvalue weighted by molar-refractivity contribution is 6.33. The van der Waals surface area contributed by atoms with Crippen molar-refractivity contribution in [3.8, 4) is 0 Å². The van der Waals surface area contributed by atoms with Crippen molar-refractivity contribution >= 4 is 23.2 Å². The van der Waals surface area contributed by atoms with E-state index in [1.807, 2.05) is 29.2 Å². The first-order valence-corrected chi connectivity index (χ1v) is 9.05. The second-order valence-electron chi connectivity index (χ2n) is 6.85. The number of para-hydroxylation sites is 1. The van der Waals surface area contributed by atoms with Gasteiger partial charge in [0.2, 0.25) is 5.91 Å². The molecule has 5 heteroatoms. The van der Waals surface area contributed by atoms with Crippen molar-refractivity contribution in [3.63, 3.8) is 0 Å². The Bertz CT molecular complexity index is 594. The lowest BCUT2D eigenvalue weighted by Gasteiger charge is -2.34. The second-order valence-corrected chi connectivity index (χ2v) is 7.26. The summed E-state index contributed by atoms with van der Waals surface area (Å²) < 4.78 is 5.83. The molecule has 0 unspecified atom stereocenters. The summed E-state index contributed by atoms with van der Waals surface area (Å²) in [5.74, 6) is 0.727. The summed E-state index contributed by atoms with van der Waals surface area (Å²) in [6.07, 6.45) is 5.88. The van der Waals surface area contributed by atoms with Gasteiger partial charge in [0.1, 0.15) is 0 Å². The van der Waals surface area contributed by atoms with E-state index in [9.17, 15) is 4.79 Å². The number of rotatable bonds is 3. The maximum atomic E-state index is 12.8. The minimum Gasteiger partial charge on any atom is -0.378 e. The third-order valence-corrected chi connectivity index (χ3v) is 5.86. The zero-order chi connectivity index (χ0) is 15.8. The maximum Gasteiger partial charge on any atom is 0.244 e. The predicted molar refractivity (Wildman–Crippen MR) is 90.8 cm³/mol. The Labute approximate surface area is 142 Å². The first kappa shape index (κ1) is 15.4. The van der Waals surface area contributed by atoms with Crippen LogP contribution in [0.15, 0.2) is 24.3 Å². The highest BCUT2D eigenvalue weighted by Crippen LogP contribution is 2.35. The van der Waals surface area contributed by atoms with Crippen LogP contribution in [0.4, 0.5) is 5.69 Å². The molecule has 3 aliphatic rings. The summed E-state index contributed by atoms with van der Waals surface area (Å²) in [5, 5.41) is 4.29. The van der Waals surface area contributed by atoms with E-state index in [1.165, 1.54) is 12.8 Å². The smallest absolute Gasteiger partial charge is 0.244 e. The standard InChI is InChI=1S/C18H23ClN2O2/c19-13-4-1-2-6-16(13)21-10-8-15(18(21)22)20-14-5-3-7-17-12(14)9-11-23-17/h1-2,4,6,12,14-15,17,20H,3,5,7-11H2/t12-,14+,15+,17-/m0/s1. The number of fused-ring (bicyclic) bond motifs is 1. The van der Waals surface area contributed by atoms with Gasteiger partial charge in [0.15, 0.2) is 0 Å². The minimum atomic E-state index is -0.0874. The molecule has 1 saturated carbocycles. The van der Waals surface area contributed by atoms with E-state index in [0.717, 1.165) is 38.1 Å². The number of anilines is 1. The lowest BCUT2D eigenvalue weighted by atomic mass is 9.81. The SMILES string of the molecule is O=C1[C@H](N[C@@H]2CCC[C@@H]3OCC[C@H]32)CCN1c1ccccc1Cl. The molecule has 2 aliphatic heterocycles. The summed E-state index contributed by atoms with van der Waals surface area (Å²) in [7, 11) is 0. The van der Waals surface area contributed by atoms with Crippen molar-refractivity contribution in [1.82, 2.24) is 5.32 Å². The van der Waals surface area contributed by atoms with Crippen LogP contribution in [0.25, 0.3) is 0 Å². The van der Waals surface area contributed by atoms with Gasteiger partial charge in [-0.15, -0.1) is 0 Å². The average Bonchev–Trinajstić information content (AvgIpc) is 3.17. The van der Waals surface area contributed by atoms with Crippen LogP contribution in [-0.2, 0) is 9.53 Å². The molecule has 0 bridgehead atoms. The monoisotopic (exact) mass is 334 g/mol. The van der Waals surface area contributed by atoms with E-state index in [1.54, 1.807) is 0 Å². The molecule has 4 nitrogen and oxygen atoms in total.